The highest BCUT2D eigenvalue weighted by molar-refractivity contribution is 5.80. The Balaban J connectivity index is 2.16. The van der Waals surface area contributed by atoms with Gasteiger partial charge in [0.25, 0.3) is 0 Å². The minimum atomic E-state index is 0.176. The highest BCUT2D eigenvalue weighted by Gasteiger charge is 2.15. The molecule has 1 aromatic heterocycles. The van der Waals surface area contributed by atoms with Crippen molar-refractivity contribution in [2.75, 3.05) is 27.1 Å². The molecule has 27 heavy (non-hydrogen) atoms. The van der Waals surface area contributed by atoms with E-state index in [-0.39, 0.29) is 5.82 Å². The molecule has 3 aromatic rings. The Morgan fingerprint density at radius 1 is 0.852 bits per heavy atom. The predicted octanol–water partition coefficient (Wildman–Crippen LogP) is 3.90. The summed E-state index contributed by atoms with van der Waals surface area (Å²) in [6.45, 7) is 0. The van der Waals surface area contributed by atoms with Crippen LogP contribution in [0.4, 0.5) is 5.82 Å². The summed E-state index contributed by atoms with van der Waals surface area (Å²) >= 11 is 0. The topological polar surface area (TPSA) is 90.4 Å². The monoisotopic (exact) mass is 361 g/mol. The zero-order valence-electron chi connectivity index (χ0n) is 15.3. The number of nitrogens with two attached hydrogens (primary N) is 1. The highest BCUT2D eigenvalue weighted by atomic mass is 16.5. The number of anilines is 1. The van der Waals surface area contributed by atoms with Gasteiger partial charge in [-0.2, -0.15) is 5.26 Å². The van der Waals surface area contributed by atoms with E-state index in [2.05, 4.69) is 11.1 Å². The normalized spacial score (nSPS) is 10.1. The third-order valence-electron chi connectivity index (χ3n) is 4.24. The van der Waals surface area contributed by atoms with E-state index in [0.29, 0.717) is 28.3 Å². The number of nitrogens with zero attached hydrogens (tertiary/aromatic N) is 2. The minimum absolute atomic E-state index is 0.176. The van der Waals surface area contributed by atoms with E-state index >= 15 is 0 Å². The molecule has 0 aliphatic heterocycles. The van der Waals surface area contributed by atoms with Gasteiger partial charge in [-0.15, -0.1) is 0 Å². The fourth-order valence-electron chi connectivity index (χ4n) is 2.82. The van der Waals surface area contributed by atoms with Crippen molar-refractivity contribution in [2.24, 2.45) is 0 Å². The fourth-order valence-corrected chi connectivity index (χ4v) is 2.82. The molecular formula is C21H19N3O3. The van der Waals surface area contributed by atoms with Gasteiger partial charge in [-0.25, -0.2) is 4.98 Å². The molecule has 0 radical (unpaired) electrons. The first-order valence-corrected chi connectivity index (χ1v) is 8.18. The minimum Gasteiger partial charge on any atom is -0.497 e. The maximum Gasteiger partial charge on any atom is 0.161 e. The summed E-state index contributed by atoms with van der Waals surface area (Å²) in [4.78, 5) is 4.40. The molecular weight excluding hydrogens is 342 g/mol. The Morgan fingerprint density at radius 3 is 2.11 bits per heavy atom. The lowest BCUT2D eigenvalue weighted by molar-refractivity contribution is 0.355. The second-order valence-corrected chi connectivity index (χ2v) is 5.73. The SMILES string of the molecule is COc1ccc(-c2cc(-c3ccc(OC)c(OC)c3)nc(N)c2C#N)cc1. The second-order valence-electron chi connectivity index (χ2n) is 5.73. The van der Waals surface area contributed by atoms with Gasteiger partial charge in [0.2, 0.25) is 0 Å². The lowest BCUT2D eigenvalue weighted by Gasteiger charge is -2.13. The molecule has 0 unspecified atom stereocenters. The quantitative estimate of drug-likeness (QED) is 0.741. The Morgan fingerprint density at radius 2 is 1.52 bits per heavy atom. The molecule has 0 spiro atoms. The zero-order valence-corrected chi connectivity index (χ0v) is 15.3. The van der Waals surface area contributed by atoms with Crippen molar-refractivity contribution in [1.29, 1.82) is 5.26 Å². The molecule has 2 aromatic carbocycles. The number of methoxy groups -OCH3 is 3. The Kier molecular flexibility index (Phi) is 5.13. The van der Waals surface area contributed by atoms with Crippen LogP contribution < -0.4 is 19.9 Å². The van der Waals surface area contributed by atoms with Gasteiger partial charge in [0.15, 0.2) is 11.5 Å². The molecule has 3 rings (SSSR count). The molecule has 0 aliphatic carbocycles. The molecule has 2 N–H and O–H groups in total. The first-order chi connectivity index (χ1) is 13.1. The summed E-state index contributed by atoms with van der Waals surface area (Å²) in [7, 11) is 4.76. The number of rotatable bonds is 5. The maximum atomic E-state index is 9.54. The van der Waals surface area contributed by atoms with Crippen molar-refractivity contribution >= 4 is 5.82 Å². The fraction of sp³-hybridized carbons (Fsp3) is 0.143. The van der Waals surface area contributed by atoms with Gasteiger partial charge < -0.3 is 19.9 Å². The summed E-state index contributed by atoms with van der Waals surface area (Å²) < 4.78 is 15.8. The number of nitriles is 1. The Bertz CT molecular complexity index is 1010. The van der Waals surface area contributed by atoms with Crippen molar-refractivity contribution in [2.45, 2.75) is 0 Å². The van der Waals surface area contributed by atoms with Crippen LogP contribution in [0.3, 0.4) is 0 Å². The molecule has 0 fully saturated rings. The lowest BCUT2D eigenvalue weighted by Crippen LogP contribution is -2.00. The summed E-state index contributed by atoms with van der Waals surface area (Å²) in [5.74, 6) is 2.12. The third kappa shape index (κ3) is 3.48. The predicted molar refractivity (Wildman–Crippen MR) is 104 cm³/mol. The molecule has 0 bridgehead atoms. The molecule has 0 saturated heterocycles. The molecule has 0 atom stereocenters. The molecule has 0 saturated carbocycles. The van der Waals surface area contributed by atoms with Crippen molar-refractivity contribution < 1.29 is 14.2 Å². The number of nitrogen functional groups attached to an aromatic ring is 1. The van der Waals surface area contributed by atoms with E-state index < -0.39 is 0 Å². The number of benzene rings is 2. The number of ether oxygens (including phenoxy) is 3. The van der Waals surface area contributed by atoms with E-state index in [9.17, 15) is 5.26 Å². The van der Waals surface area contributed by atoms with Crippen LogP contribution in [0.25, 0.3) is 22.4 Å². The largest absolute Gasteiger partial charge is 0.497 e. The van der Waals surface area contributed by atoms with Gasteiger partial charge in [0, 0.05) is 11.1 Å². The smallest absolute Gasteiger partial charge is 0.161 e. The van der Waals surface area contributed by atoms with E-state index in [1.807, 2.05) is 42.5 Å². The van der Waals surface area contributed by atoms with Crippen LogP contribution in [0.1, 0.15) is 5.56 Å². The number of hydrogen-bond acceptors (Lipinski definition) is 6. The van der Waals surface area contributed by atoms with E-state index in [1.165, 1.54) is 0 Å². The van der Waals surface area contributed by atoms with Crippen LogP contribution in [0, 0.1) is 11.3 Å². The summed E-state index contributed by atoms with van der Waals surface area (Å²) in [6.07, 6.45) is 0. The van der Waals surface area contributed by atoms with Crippen molar-refractivity contribution in [3.8, 4) is 45.7 Å². The standard InChI is InChI=1S/C21H19N3O3/c1-25-15-7-4-13(5-8-15)16-11-18(24-21(23)17(16)12-22)14-6-9-19(26-2)20(10-14)27-3/h4-11H,1-3H3,(H2,23,24). The molecule has 1 heterocycles. The Labute approximate surface area is 157 Å². The number of hydrogen-bond donors (Lipinski definition) is 1. The first kappa shape index (κ1) is 18.1. The zero-order chi connectivity index (χ0) is 19.4. The van der Waals surface area contributed by atoms with Crippen molar-refractivity contribution in [3.63, 3.8) is 0 Å². The molecule has 6 nitrogen and oxygen atoms in total. The molecule has 0 amide bonds. The van der Waals surface area contributed by atoms with E-state index in [1.54, 1.807) is 27.4 Å². The van der Waals surface area contributed by atoms with Gasteiger partial charge in [-0.05, 0) is 42.0 Å². The van der Waals surface area contributed by atoms with Gasteiger partial charge in [0.1, 0.15) is 23.2 Å². The highest BCUT2D eigenvalue weighted by Crippen LogP contribution is 2.35. The Hall–Kier alpha value is -3.72. The third-order valence-corrected chi connectivity index (χ3v) is 4.24. The van der Waals surface area contributed by atoms with Gasteiger partial charge in [-0.3, -0.25) is 0 Å². The van der Waals surface area contributed by atoms with Gasteiger partial charge in [0.05, 0.1) is 27.0 Å². The van der Waals surface area contributed by atoms with E-state index in [4.69, 9.17) is 19.9 Å². The summed E-state index contributed by atoms with van der Waals surface area (Å²) in [6, 6.07) is 16.9. The van der Waals surface area contributed by atoms with Gasteiger partial charge in [-0.1, -0.05) is 12.1 Å². The molecule has 136 valence electrons. The van der Waals surface area contributed by atoms with Crippen molar-refractivity contribution in [1.82, 2.24) is 4.98 Å². The van der Waals surface area contributed by atoms with Crippen LogP contribution in [-0.4, -0.2) is 26.3 Å². The molecule has 0 aliphatic rings. The van der Waals surface area contributed by atoms with Crippen LogP contribution in [-0.2, 0) is 0 Å². The summed E-state index contributed by atoms with van der Waals surface area (Å²) in [5, 5.41) is 9.54. The van der Waals surface area contributed by atoms with Crippen LogP contribution in [0.2, 0.25) is 0 Å². The average Bonchev–Trinajstić information content (AvgIpc) is 2.72. The van der Waals surface area contributed by atoms with Crippen LogP contribution >= 0.6 is 0 Å². The number of pyridine rings is 1. The molecule has 6 heteroatoms. The first-order valence-electron chi connectivity index (χ1n) is 8.18. The van der Waals surface area contributed by atoms with Crippen LogP contribution in [0.5, 0.6) is 17.2 Å². The van der Waals surface area contributed by atoms with Gasteiger partial charge >= 0.3 is 0 Å². The maximum absolute atomic E-state index is 9.54. The van der Waals surface area contributed by atoms with Crippen LogP contribution in [0.15, 0.2) is 48.5 Å². The van der Waals surface area contributed by atoms with E-state index in [0.717, 1.165) is 16.9 Å². The van der Waals surface area contributed by atoms with Crippen molar-refractivity contribution in [3.05, 3.63) is 54.1 Å². The lowest BCUT2D eigenvalue weighted by atomic mass is 9.98. The summed E-state index contributed by atoms with van der Waals surface area (Å²) in [5.41, 5.74) is 9.41. The number of aromatic nitrogens is 1. The second kappa shape index (κ2) is 7.67. The average molecular weight is 361 g/mol.